The van der Waals surface area contributed by atoms with Crippen molar-refractivity contribution in [2.75, 3.05) is 19.0 Å². The van der Waals surface area contributed by atoms with Crippen LogP contribution >= 0.6 is 0 Å². The number of pyridine rings is 1. The Bertz CT molecular complexity index is 305. The fourth-order valence-corrected chi connectivity index (χ4v) is 2.05. The van der Waals surface area contributed by atoms with E-state index in [2.05, 4.69) is 41.3 Å². The third-order valence-electron chi connectivity index (χ3n) is 3.39. The van der Waals surface area contributed by atoms with Gasteiger partial charge >= 0.3 is 0 Å². The predicted octanol–water partition coefficient (Wildman–Crippen LogP) is 2.35. The number of rotatable bonds is 5. The molecule has 0 aromatic carbocycles. The number of nitrogens with one attached hydrogen (secondary N) is 1. The summed E-state index contributed by atoms with van der Waals surface area (Å²) < 4.78 is 0. The molecule has 1 atom stereocenters. The maximum Gasteiger partial charge on any atom is 0.0574 e. The van der Waals surface area contributed by atoms with Gasteiger partial charge < -0.3 is 10.2 Å². The van der Waals surface area contributed by atoms with E-state index in [1.54, 1.807) is 0 Å². The van der Waals surface area contributed by atoms with Crippen molar-refractivity contribution in [2.24, 2.45) is 0 Å². The highest BCUT2D eigenvalue weighted by Gasteiger charge is 2.26. The first-order chi connectivity index (χ1) is 7.76. The summed E-state index contributed by atoms with van der Waals surface area (Å²) in [5.74, 6) is 0. The second-order valence-corrected chi connectivity index (χ2v) is 4.53. The number of anilines is 1. The third kappa shape index (κ3) is 2.35. The quantitative estimate of drug-likeness (QED) is 0.824. The second kappa shape index (κ2) is 4.83. The first-order valence-corrected chi connectivity index (χ1v) is 6.12. The number of hydrogen-bond acceptors (Lipinski definition) is 3. The molecule has 0 spiro atoms. The summed E-state index contributed by atoms with van der Waals surface area (Å²) in [6, 6.07) is 5.44. The average Bonchev–Trinajstić information content (AvgIpc) is 3.15. The van der Waals surface area contributed by atoms with Gasteiger partial charge in [-0.05, 0) is 38.4 Å². The molecule has 3 heteroatoms. The van der Waals surface area contributed by atoms with Crippen molar-refractivity contribution in [1.29, 1.82) is 0 Å². The Labute approximate surface area is 97.9 Å². The molecule has 0 amide bonds. The Morgan fingerprint density at radius 1 is 1.50 bits per heavy atom. The number of nitrogens with zero attached hydrogens (tertiary/aromatic N) is 2. The van der Waals surface area contributed by atoms with E-state index in [1.165, 1.54) is 18.5 Å². The molecule has 0 saturated heterocycles. The van der Waals surface area contributed by atoms with Crippen LogP contribution in [0.25, 0.3) is 0 Å². The largest absolute Gasteiger partial charge is 0.370 e. The summed E-state index contributed by atoms with van der Waals surface area (Å²) in [4.78, 5) is 6.88. The van der Waals surface area contributed by atoms with Gasteiger partial charge in [-0.15, -0.1) is 0 Å². The third-order valence-corrected chi connectivity index (χ3v) is 3.39. The van der Waals surface area contributed by atoms with Gasteiger partial charge in [-0.1, -0.05) is 6.92 Å². The second-order valence-electron chi connectivity index (χ2n) is 4.53. The van der Waals surface area contributed by atoms with Gasteiger partial charge in [-0.2, -0.15) is 0 Å². The molecule has 0 bridgehead atoms. The highest BCUT2D eigenvalue weighted by molar-refractivity contribution is 5.46. The maximum atomic E-state index is 4.55. The van der Waals surface area contributed by atoms with Gasteiger partial charge in [0.15, 0.2) is 0 Å². The Hall–Kier alpha value is -1.09. The van der Waals surface area contributed by atoms with Crippen molar-refractivity contribution in [1.82, 2.24) is 10.3 Å². The molecule has 2 rings (SSSR count). The molecule has 16 heavy (non-hydrogen) atoms. The summed E-state index contributed by atoms with van der Waals surface area (Å²) in [6.07, 6.45) is 5.72. The number of hydrogen-bond donors (Lipinski definition) is 1. The fourth-order valence-electron chi connectivity index (χ4n) is 2.05. The fraction of sp³-hybridized carbons (Fsp3) is 0.615. The van der Waals surface area contributed by atoms with E-state index in [0.717, 1.165) is 18.2 Å². The van der Waals surface area contributed by atoms with Crippen LogP contribution in [0.4, 0.5) is 5.69 Å². The van der Waals surface area contributed by atoms with E-state index in [-0.39, 0.29) is 0 Å². The Morgan fingerprint density at radius 2 is 2.25 bits per heavy atom. The molecular weight excluding hydrogens is 198 g/mol. The van der Waals surface area contributed by atoms with Crippen LogP contribution < -0.4 is 10.2 Å². The average molecular weight is 219 g/mol. The van der Waals surface area contributed by atoms with Crippen LogP contribution in [0.3, 0.4) is 0 Å². The van der Waals surface area contributed by atoms with Crippen molar-refractivity contribution >= 4 is 5.69 Å². The summed E-state index contributed by atoms with van der Waals surface area (Å²) in [6.45, 7) is 2.17. The minimum Gasteiger partial charge on any atom is -0.370 e. The molecule has 1 N–H and O–H groups in total. The molecule has 1 aliphatic rings. The standard InChI is InChI=1S/C13H21N3/c1-4-12(14-2)13-8-7-11(9-15-13)16(3)10-5-6-10/h7-10,12,14H,4-6H2,1-3H3. The first kappa shape index (κ1) is 11.4. The van der Waals surface area contributed by atoms with Gasteiger partial charge in [-0.3, -0.25) is 4.98 Å². The topological polar surface area (TPSA) is 28.2 Å². The van der Waals surface area contributed by atoms with Crippen molar-refractivity contribution in [3.05, 3.63) is 24.0 Å². The summed E-state index contributed by atoms with van der Waals surface area (Å²) in [5.41, 5.74) is 2.37. The molecule has 1 fully saturated rings. The molecular formula is C13H21N3. The molecule has 1 heterocycles. The van der Waals surface area contributed by atoms with Gasteiger partial charge in [0, 0.05) is 19.1 Å². The van der Waals surface area contributed by atoms with E-state index in [1.807, 2.05) is 13.2 Å². The van der Waals surface area contributed by atoms with Crippen molar-refractivity contribution in [3.63, 3.8) is 0 Å². The monoisotopic (exact) mass is 219 g/mol. The molecule has 1 aromatic rings. The normalized spacial score (nSPS) is 17.2. The van der Waals surface area contributed by atoms with Crippen LogP contribution in [0.15, 0.2) is 18.3 Å². The SMILES string of the molecule is CCC(NC)c1ccc(N(C)C2CC2)cn1. The lowest BCUT2D eigenvalue weighted by Gasteiger charge is -2.19. The molecule has 1 aromatic heterocycles. The van der Waals surface area contributed by atoms with E-state index in [0.29, 0.717) is 6.04 Å². The summed E-state index contributed by atoms with van der Waals surface area (Å²) in [7, 11) is 4.14. The van der Waals surface area contributed by atoms with Gasteiger partial charge in [-0.25, -0.2) is 0 Å². The van der Waals surface area contributed by atoms with Crippen LogP contribution in [0, 0.1) is 0 Å². The zero-order valence-corrected chi connectivity index (χ0v) is 10.4. The predicted molar refractivity (Wildman–Crippen MR) is 67.8 cm³/mol. The summed E-state index contributed by atoms with van der Waals surface area (Å²) in [5, 5.41) is 3.28. The maximum absolute atomic E-state index is 4.55. The molecule has 0 aliphatic heterocycles. The van der Waals surface area contributed by atoms with Gasteiger partial charge in [0.2, 0.25) is 0 Å². The minimum absolute atomic E-state index is 0.375. The van der Waals surface area contributed by atoms with Gasteiger partial charge in [0.25, 0.3) is 0 Å². The zero-order chi connectivity index (χ0) is 11.5. The zero-order valence-electron chi connectivity index (χ0n) is 10.4. The van der Waals surface area contributed by atoms with Crippen molar-refractivity contribution in [3.8, 4) is 0 Å². The highest BCUT2D eigenvalue weighted by Crippen LogP contribution is 2.30. The van der Waals surface area contributed by atoms with E-state index >= 15 is 0 Å². The lowest BCUT2D eigenvalue weighted by Crippen LogP contribution is -2.20. The number of aromatic nitrogens is 1. The Kier molecular flexibility index (Phi) is 3.44. The molecule has 1 unspecified atom stereocenters. The summed E-state index contributed by atoms with van der Waals surface area (Å²) >= 11 is 0. The van der Waals surface area contributed by atoms with Crippen molar-refractivity contribution in [2.45, 2.75) is 38.3 Å². The van der Waals surface area contributed by atoms with E-state index in [9.17, 15) is 0 Å². The van der Waals surface area contributed by atoms with Crippen molar-refractivity contribution < 1.29 is 0 Å². The Morgan fingerprint density at radius 3 is 2.69 bits per heavy atom. The molecule has 3 nitrogen and oxygen atoms in total. The van der Waals surface area contributed by atoms with Crippen LogP contribution in [0.1, 0.15) is 37.9 Å². The minimum atomic E-state index is 0.375. The van der Waals surface area contributed by atoms with Crippen LogP contribution in [-0.2, 0) is 0 Å². The molecule has 1 saturated carbocycles. The highest BCUT2D eigenvalue weighted by atomic mass is 15.2. The lowest BCUT2D eigenvalue weighted by molar-refractivity contribution is 0.561. The van der Waals surface area contributed by atoms with Gasteiger partial charge in [0.1, 0.15) is 0 Å². The van der Waals surface area contributed by atoms with E-state index < -0.39 is 0 Å². The molecule has 1 aliphatic carbocycles. The van der Waals surface area contributed by atoms with Crippen LogP contribution in [0.5, 0.6) is 0 Å². The van der Waals surface area contributed by atoms with Gasteiger partial charge in [0.05, 0.1) is 17.6 Å². The molecule has 88 valence electrons. The van der Waals surface area contributed by atoms with Crippen LogP contribution in [-0.4, -0.2) is 25.1 Å². The van der Waals surface area contributed by atoms with E-state index in [4.69, 9.17) is 0 Å². The lowest BCUT2D eigenvalue weighted by atomic mass is 10.1. The molecule has 0 radical (unpaired) electrons. The smallest absolute Gasteiger partial charge is 0.0574 e. The van der Waals surface area contributed by atoms with Crippen LogP contribution in [0.2, 0.25) is 0 Å². The Balaban J connectivity index is 2.08. The first-order valence-electron chi connectivity index (χ1n) is 6.12.